The minimum atomic E-state index is -1.19. The molecule has 1 rings (SSSR count). The Bertz CT molecular complexity index is 239. The van der Waals surface area contributed by atoms with Crippen LogP contribution in [-0.4, -0.2) is 4.98 Å². The van der Waals surface area contributed by atoms with Crippen molar-refractivity contribution in [3.8, 4) is 0 Å². The summed E-state index contributed by atoms with van der Waals surface area (Å²) in [7, 11) is 0. The van der Waals surface area contributed by atoms with Crippen LogP contribution in [-0.2, 0) is 0 Å². The summed E-state index contributed by atoms with van der Waals surface area (Å²) in [5.74, 6) is -2.32. The van der Waals surface area contributed by atoms with Crippen molar-refractivity contribution in [1.82, 2.24) is 4.98 Å². The highest BCUT2D eigenvalue weighted by molar-refractivity contribution is 9.10. The smallest absolute Gasteiger partial charge is 0.224 e. The van der Waals surface area contributed by atoms with Crippen molar-refractivity contribution < 1.29 is 8.78 Å². The van der Waals surface area contributed by atoms with Crippen LogP contribution in [0.3, 0.4) is 0 Å². The van der Waals surface area contributed by atoms with Gasteiger partial charge in [0.2, 0.25) is 0 Å². The van der Waals surface area contributed by atoms with Gasteiger partial charge in [-0.25, -0.2) is 9.37 Å². The topological polar surface area (TPSA) is 12.9 Å². The van der Waals surface area contributed by atoms with E-state index in [2.05, 4.69) is 20.9 Å². The van der Waals surface area contributed by atoms with Crippen molar-refractivity contribution in [2.75, 3.05) is 0 Å². The fourth-order valence-corrected chi connectivity index (χ4v) is 0.825. The van der Waals surface area contributed by atoms with Crippen LogP contribution >= 0.6 is 27.5 Å². The second-order valence-corrected chi connectivity index (χ2v) is 2.76. The van der Waals surface area contributed by atoms with Gasteiger partial charge in [-0.3, -0.25) is 0 Å². The van der Waals surface area contributed by atoms with Gasteiger partial charge < -0.3 is 0 Å². The first-order valence-electron chi connectivity index (χ1n) is 2.28. The van der Waals surface area contributed by atoms with Gasteiger partial charge >= 0.3 is 0 Å². The molecule has 0 bridgehead atoms. The number of aromatic nitrogens is 1. The lowest BCUT2D eigenvalue weighted by Crippen LogP contribution is -1.89. The fraction of sp³-hybridized carbons (Fsp3) is 0. The van der Waals surface area contributed by atoms with E-state index in [0.717, 1.165) is 6.20 Å². The fourth-order valence-electron chi connectivity index (χ4n) is 0.422. The number of hydrogen-bond acceptors (Lipinski definition) is 1. The number of halogens is 4. The maximum atomic E-state index is 12.4. The summed E-state index contributed by atoms with van der Waals surface area (Å²) in [4.78, 5) is 3.07. The molecule has 0 saturated heterocycles. The predicted molar refractivity (Wildman–Crippen MR) is 36.9 cm³/mol. The van der Waals surface area contributed by atoms with Gasteiger partial charge in [0.05, 0.1) is 9.50 Å². The molecule has 1 aromatic rings. The maximum absolute atomic E-state index is 12.4. The lowest BCUT2D eigenvalue weighted by atomic mass is 10.5. The number of rotatable bonds is 0. The molecule has 1 aromatic heterocycles. The zero-order valence-corrected chi connectivity index (χ0v) is 6.88. The van der Waals surface area contributed by atoms with Gasteiger partial charge in [0.1, 0.15) is 0 Å². The highest BCUT2D eigenvalue weighted by Crippen LogP contribution is 2.24. The van der Waals surface area contributed by atoms with Crippen molar-refractivity contribution in [3.05, 3.63) is 27.5 Å². The molecule has 0 fully saturated rings. The molecule has 0 spiro atoms. The molecule has 1 nitrogen and oxygen atoms in total. The zero-order chi connectivity index (χ0) is 7.72. The van der Waals surface area contributed by atoms with Crippen LogP contribution in [0.15, 0.2) is 10.7 Å². The van der Waals surface area contributed by atoms with E-state index in [9.17, 15) is 8.78 Å². The highest BCUT2D eigenvalue weighted by atomic mass is 79.9. The minimum absolute atomic E-state index is 0.244. The van der Waals surface area contributed by atoms with E-state index in [4.69, 9.17) is 11.6 Å². The number of nitrogens with zero attached hydrogens (tertiary/aromatic N) is 1. The molecule has 1 heterocycles. The Morgan fingerprint density at radius 2 is 2.10 bits per heavy atom. The first kappa shape index (κ1) is 7.88. The quantitative estimate of drug-likeness (QED) is 0.622. The molecule has 0 aromatic carbocycles. The van der Waals surface area contributed by atoms with Crippen LogP contribution in [0.5, 0.6) is 0 Å². The summed E-state index contributed by atoms with van der Waals surface area (Å²) >= 11 is 8.16. The molecule has 0 radical (unpaired) electrons. The van der Waals surface area contributed by atoms with E-state index >= 15 is 0 Å². The Labute approximate surface area is 69.2 Å². The lowest BCUT2D eigenvalue weighted by Gasteiger charge is -1.95. The third-order valence-corrected chi connectivity index (χ3v) is 2.07. The summed E-state index contributed by atoms with van der Waals surface area (Å²) in [6.45, 7) is 0. The van der Waals surface area contributed by atoms with Crippen LogP contribution in [0, 0.1) is 11.8 Å². The van der Waals surface area contributed by atoms with Crippen LogP contribution < -0.4 is 0 Å². The summed E-state index contributed by atoms with van der Waals surface area (Å²) in [5, 5.41) is -0.285. The lowest BCUT2D eigenvalue weighted by molar-refractivity contribution is 0.479. The monoisotopic (exact) mass is 227 g/mol. The van der Waals surface area contributed by atoms with Gasteiger partial charge in [-0.2, -0.15) is 4.39 Å². The molecule has 0 saturated carbocycles. The Morgan fingerprint density at radius 1 is 1.50 bits per heavy atom. The first-order chi connectivity index (χ1) is 4.63. The molecular weight excluding hydrogens is 227 g/mol. The molecule has 0 aliphatic heterocycles. The van der Waals surface area contributed by atoms with Crippen molar-refractivity contribution in [3.63, 3.8) is 0 Å². The van der Waals surface area contributed by atoms with Crippen LogP contribution in [0.4, 0.5) is 8.78 Å². The van der Waals surface area contributed by atoms with E-state index in [1.807, 2.05) is 0 Å². The Kier molecular flexibility index (Phi) is 2.21. The Morgan fingerprint density at radius 3 is 2.60 bits per heavy atom. The van der Waals surface area contributed by atoms with Gasteiger partial charge in [0.15, 0.2) is 5.82 Å². The summed E-state index contributed by atoms with van der Waals surface area (Å²) in [5.41, 5.74) is 0. The molecule has 5 heteroatoms. The highest BCUT2D eigenvalue weighted by Gasteiger charge is 2.10. The molecule has 0 aliphatic rings. The van der Waals surface area contributed by atoms with Crippen molar-refractivity contribution in [1.29, 1.82) is 0 Å². The normalized spacial score (nSPS) is 10.0. The van der Waals surface area contributed by atoms with E-state index in [-0.39, 0.29) is 9.50 Å². The van der Waals surface area contributed by atoms with E-state index in [1.165, 1.54) is 0 Å². The number of pyridine rings is 1. The van der Waals surface area contributed by atoms with Gasteiger partial charge in [-0.1, -0.05) is 11.6 Å². The zero-order valence-electron chi connectivity index (χ0n) is 4.54. The average Bonchev–Trinajstić information content (AvgIpc) is 1.93. The molecule has 54 valence electrons. The molecular formula is C5HBrClF2N. The molecule has 0 N–H and O–H groups in total. The van der Waals surface area contributed by atoms with Gasteiger partial charge in [-0.05, 0) is 15.9 Å². The van der Waals surface area contributed by atoms with E-state index < -0.39 is 11.8 Å². The summed E-state index contributed by atoms with van der Waals surface area (Å²) in [6, 6.07) is 0. The first-order valence-corrected chi connectivity index (χ1v) is 3.45. The SMILES string of the molecule is Fc1ncc(Br)c(Cl)c1F. The average molecular weight is 228 g/mol. The Balaban J connectivity index is 3.34. The van der Waals surface area contributed by atoms with Crippen LogP contribution in [0.2, 0.25) is 5.02 Å². The van der Waals surface area contributed by atoms with Crippen molar-refractivity contribution in [2.24, 2.45) is 0 Å². The third kappa shape index (κ3) is 1.27. The van der Waals surface area contributed by atoms with E-state index in [1.54, 1.807) is 0 Å². The minimum Gasteiger partial charge on any atom is -0.224 e. The molecule has 0 aliphatic carbocycles. The summed E-state index contributed by atoms with van der Waals surface area (Å²) in [6.07, 6.45) is 1.10. The van der Waals surface area contributed by atoms with E-state index in [0.29, 0.717) is 0 Å². The van der Waals surface area contributed by atoms with Crippen LogP contribution in [0.25, 0.3) is 0 Å². The third-order valence-electron chi connectivity index (χ3n) is 0.875. The second kappa shape index (κ2) is 2.80. The maximum Gasteiger partial charge on any atom is 0.250 e. The largest absolute Gasteiger partial charge is 0.250 e. The molecule has 0 unspecified atom stereocenters. The second-order valence-electron chi connectivity index (χ2n) is 1.52. The Hall–Kier alpha value is -0.220. The van der Waals surface area contributed by atoms with Crippen molar-refractivity contribution in [2.45, 2.75) is 0 Å². The predicted octanol–water partition coefficient (Wildman–Crippen LogP) is 2.78. The summed E-state index contributed by atoms with van der Waals surface area (Å²) < 4.78 is 24.8. The molecule has 10 heavy (non-hydrogen) atoms. The van der Waals surface area contributed by atoms with Gasteiger partial charge in [-0.15, -0.1) is 0 Å². The van der Waals surface area contributed by atoms with Gasteiger partial charge in [0, 0.05) is 6.20 Å². The number of hydrogen-bond donors (Lipinski definition) is 0. The van der Waals surface area contributed by atoms with Gasteiger partial charge in [0.25, 0.3) is 5.95 Å². The standard InChI is InChI=1S/C5HBrClF2N/c6-2-1-10-5(9)4(8)3(2)7/h1H. The van der Waals surface area contributed by atoms with Crippen molar-refractivity contribution >= 4 is 27.5 Å². The van der Waals surface area contributed by atoms with Crippen LogP contribution in [0.1, 0.15) is 0 Å². The molecule has 0 amide bonds. The molecule has 0 atom stereocenters.